The number of ether oxygens (including phenoxy) is 2. The predicted octanol–water partition coefficient (Wildman–Crippen LogP) is 2.53. The Hall–Kier alpha value is -0.123. The molecule has 0 N–H and O–H groups in total. The van der Waals surface area contributed by atoms with Crippen LogP contribution in [-0.2, 0) is 9.47 Å². The van der Waals surface area contributed by atoms with Crippen molar-refractivity contribution in [3.05, 3.63) is 12.2 Å². The molecule has 2 rings (SSSR count). The maximum absolute atomic E-state index is 5.79. The summed E-state index contributed by atoms with van der Waals surface area (Å²) in [5.41, 5.74) is 0. The lowest BCUT2D eigenvalue weighted by molar-refractivity contribution is -0.233. The van der Waals surface area contributed by atoms with Crippen molar-refractivity contribution in [1.29, 1.82) is 0 Å². The fourth-order valence-corrected chi connectivity index (χ4v) is 4.54. The predicted molar refractivity (Wildman–Crippen MR) is 78.8 cm³/mol. The van der Waals surface area contributed by atoms with E-state index in [4.69, 9.17) is 9.47 Å². The van der Waals surface area contributed by atoms with E-state index in [1.54, 1.807) is 14.2 Å². The van der Waals surface area contributed by atoms with E-state index in [2.05, 4.69) is 26.0 Å². The molecule has 0 aromatic heterocycles. The highest BCUT2D eigenvalue weighted by Gasteiger charge is 2.44. The Morgan fingerprint density at radius 2 is 1.83 bits per heavy atom. The van der Waals surface area contributed by atoms with Crippen LogP contribution in [-0.4, -0.2) is 30.2 Å². The van der Waals surface area contributed by atoms with Crippen LogP contribution in [0.5, 0.6) is 0 Å². The molecule has 0 heterocycles. The van der Waals surface area contributed by atoms with Gasteiger partial charge in [0, 0.05) is 35.9 Å². The first-order valence-electron chi connectivity index (χ1n) is 7.20. The summed E-state index contributed by atoms with van der Waals surface area (Å²) in [5.74, 6) is 2.17. The van der Waals surface area contributed by atoms with E-state index in [9.17, 15) is 0 Å². The minimum atomic E-state index is -0.384. The molecule has 3 atom stereocenters. The van der Waals surface area contributed by atoms with Crippen molar-refractivity contribution in [3.8, 4) is 0 Å². The molecular formula is C15H28O2Si. The molecule has 2 nitrogen and oxygen atoms in total. The highest BCUT2D eigenvalue weighted by atomic mass is 28.1. The van der Waals surface area contributed by atoms with E-state index in [0.717, 1.165) is 34.4 Å². The molecule has 2 bridgehead atoms. The second kappa shape index (κ2) is 5.10. The number of hydrogen-bond donors (Lipinski definition) is 0. The zero-order chi connectivity index (χ0) is 13.4. The topological polar surface area (TPSA) is 18.5 Å². The van der Waals surface area contributed by atoms with Crippen molar-refractivity contribution in [2.24, 2.45) is 17.8 Å². The van der Waals surface area contributed by atoms with Gasteiger partial charge < -0.3 is 9.47 Å². The van der Waals surface area contributed by atoms with Gasteiger partial charge in [-0.25, -0.2) is 0 Å². The first-order chi connectivity index (χ1) is 8.42. The van der Waals surface area contributed by atoms with Gasteiger partial charge in [0.2, 0.25) is 0 Å². The normalized spacial score (nSPS) is 31.4. The summed E-state index contributed by atoms with van der Waals surface area (Å²) in [6.45, 7) is 4.51. The van der Waals surface area contributed by atoms with Crippen LogP contribution in [0.25, 0.3) is 0 Å². The van der Waals surface area contributed by atoms with Crippen LogP contribution in [0.1, 0.15) is 39.5 Å². The van der Waals surface area contributed by atoms with Gasteiger partial charge in [0.05, 0.1) is 0 Å². The van der Waals surface area contributed by atoms with Crippen molar-refractivity contribution in [2.45, 2.75) is 50.4 Å². The monoisotopic (exact) mass is 268 g/mol. The summed E-state index contributed by atoms with van der Waals surface area (Å²) < 4.78 is 11.6. The number of methoxy groups -OCH3 is 2. The second-order valence-electron chi connectivity index (χ2n) is 6.99. The molecule has 0 radical (unpaired) electrons. The van der Waals surface area contributed by atoms with Crippen molar-refractivity contribution in [3.63, 3.8) is 0 Å². The number of allylic oxidation sites excluding steroid dienone is 2. The van der Waals surface area contributed by atoms with Gasteiger partial charge in [-0.05, 0) is 37.0 Å². The average Bonchev–Trinajstić information content (AvgIpc) is 2.91. The van der Waals surface area contributed by atoms with E-state index in [1.165, 1.54) is 19.3 Å². The van der Waals surface area contributed by atoms with Crippen LogP contribution >= 0.6 is 0 Å². The molecule has 0 amide bonds. The fourth-order valence-electron chi connectivity index (χ4n) is 3.88. The minimum Gasteiger partial charge on any atom is -0.353 e. The zero-order valence-electron chi connectivity index (χ0n) is 12.5. The highest BCUT2D eigenvalue weighted by Crippen LogP contribution is 2.48. The fraction of sp³-hybridized carbons (Fsp3) is 0.867. The molecule has 1 saturated carbocycles. The Kier molecular flexibility index (Phi) is 4.05. The molecule has 2 aliphatic rings. The third-order valence-electron chi connectivity index (χ3n) is 5.06. The molecule has 0 aromatic rings. The summed E-state index contributed by atoms with van der Waals surface area (Å²) in [5, 5.41) is 0.143. The van der Waals surface area contributed by atoms with Gasteiger partial charge in [0.1, 0.15) is 0 Å². The van der Waals surface area contributed by atoms with Gasteiger partial charge in [-0.2, -0.15) is 0 Å². The molecule has 0 aromatic carbocycles. The lowest BCUT2D eigenvalue weighted by Crippen LogP contribution is -2.44. The van der Waals surface area contributed by atoms with Crippen LogP contribution in [0.15, 0.2) is 12.2 Å². The van der Waals surface area contributed by atoms with Crippen LogP contribution in [0, 0.1) is 17.8 Å². The summed E-state index contributed by atoms with van der Waals surface area (Å²) >= 11 is 0. The van der Waals surface area contributed by atoms with Gasteiger partial charge in [-0.15, -0.1) is 0 Å². The molecule has 0 aliphatic heterocycles. The van der Waals surface area contributed by atoms with Gasteiger partial charge in [-0.3, -0.25) is 0 Å². The van der Waals surface area contributed by atoms with Crippen LogP contribution in [0.3, 0.4) is 0 Å². The minimum absolute atomic E-state index is 0.143. The first-order valence-corrected chi connectivity index (χ1v) is 8.20. The Labute approximate surface area is 115 Å². The van der Waals surface area contributed by atoms with E-state index in [0.29, 0.717) is 0 Å². The standard InChI is InChI=1S/C15H28O2Si/c1-14(2,18)15(16-3,17-4)8-7-13-10-11-5-6-12(13)9-11/h5-6,11-13H,7-10H2,1-4,18H3. The molecule has 2 aliphatic carbocycles. The molecular weight excluding hydrogens is 240 g/mol. The van der Waals surface area contributed by atoms with E-state index in [-0.39, 0.29) is 10.8 Å². The third kappa shape index (κ3) is 2.45. The number of hydrogen-bond acceptors (Lipinski definition) is 2. The maximum atomic E-state index is 5.79. The van der Waals surface area contributed by atoms with Crippen molar-refractivity contribution in [2.75, 3.05) is 14.2 Å². The molecule has 18 heavy (non-hydrogen) atoms. The summed E-state index contributed by atoms with van der Waals surface area (Å²) in [6.07, 6.45) is 9.88. The van der Waals surface area contributed by atoms with Gasteiger partial charge in [0.15, 0.2) is 5.79 Å². The molecule has 1 fully saturated rings. The highest BCUT2D eigenvalue weighted by molar-refractivity contribution is 6.15. The smallest absolute Gasteiger partial charge is 0.169 e. The SMILES string of the molecule is COC(CCC1CC2C=CC1C2)(OC)C(C)(C)[SiH3]. The Morgan fingerprint density at radius 1 is 1.17 bits per heavy atom. The lowest BCUT2D eigenvalue weighted by Gasteiger charge is -2.43. The first kappa shape index (κ1) is 14.3. The lowest BCUT2D eigenvalue weighted by atomic mass is 9.85. The van der Waals surface area contributed by atoms with Gasteiger partial charge in [0.25, 0.3) is 0 Å². The Bertz CT molecular complexity index is 315. The van der Waals surface area contributed by atoms with E-state index >= 15 is 0 Å². The summed E-state index contributed by atoms with van der Waals surface area (Å²) in [6, 6.07) is 0. The summed E-state index contributed by atoms with van der Waals surface area (Å²) in [4.78, 5) is 0. The van der Waals surface area contributed by atoms with Crippen molar-refractivity contribution >= 4 is 10.2 Å². The average molecular weight is 268 g/mol. The second-order valence-corrected chi connectivity index (χ2v) is 9.49. The Balaban J connectivity index is 1.96. The van der Waals surface area contributed by atoms with Crippen LogP contribution in [0.4, 0.5) is 0 Å². The van der Waals surface area contributed by atoms with Gasteiger partial charge in [-0.1, -0.05) is 26.0 Å². The van der Waals surface area contributed by atoms with Gasteiger partial charge >= 0.3 is 0 Å². The Morgan fingerprint density at radius 3 is 2.22 bits per heavy atom. The molecule has 0 saturated heterocycles. The van der Waals surface area contributed by atoms with E-state index < -0.39 is 0 Å². The summed E-state index contributed by atoms with van der Waals surface area (Å²) in [7, 11) is 4.66. The zero-order valence-corrected chi connectivity index (χ0v) is 14.5. The quantitative estimate of drug-likeness (QED) is 0.419. The molecule has 104 valence electrons. The van der Waals surface area contributed by atoms with Crippen molar-refractivity contribution in [1.82, 2.24) is 0 Å². The molecule has 3 unspecified atom stereocenters. The number of rotatable bonds is 6. The largest absolute Gasteiger partial charge is 0.353 e. The van der Waals surface area contributed by atoms with Crippen LogP contribution < -0.4 is 0 Å². The van der Waals surface area contributed by atoms with Crippen molar-refractivity contribution < 1.29 is 9.47 Å². The molecule has 0 spiro atoms. The van der Waals surface area contributed by atoms with Crippen LogP contribution in [0.2, 0.25) is 5.04 Å². The molecule has 3 heteroatoms. The maximum Gasteiger partial charge on any atom is 0.169 e. The third-order valence-corrected chi connectivity index (χ3v) is 5.82. The van der Waals surface area contributed by atoms with E-state index in [1.807, 2.05) is 0 Å². The number of fused-ring (bicyclic) bond motifs is 2.